The van der Waals surface area contributed by atoms with Crippen LogP contribution in [0.3, 0.4) is 0 Å². The average molecular weight is 374 g/mol. The highest BCUT2D eigenvalue weighted by atomic mass is 16.1. The quantitative estimate of drug-likeness (QED) is 0.562. The van der Waals surface area contributed by atoms with Gasteiger partial charge in [-0.1, -0.05) is 6.07 Å². The highest BCUT2D eigenvalue weighted by molar-refractivity contribution is 5.90. The van der Waals surface area contributed by atoms with E-state index in [9.17, 15) is 4.79 Å². The van der Waals surface area contributed by atoms with Gasteiger partial charge in [-0.05, 0) is 47.9 Å². The van der Waals surface area contributed by atoms with E-state index in [1.54, 1.807) is 0 Å². The van der Waals surface area contributed by atoms with Gasteiger partial charge in [0, 0.05) is 44.8 Å². The molecule has 0 unspecified atom stereocenters. The molecule has 1 aliphatic rings. The van der Waals surface area contributed by atoms with E-state index in [4.69, 9.17) is 4.98 Å². The molecule has 0 radical (unpaired) electrons. The number of nitrogens with one attached hydrogen (secondary N) is 2. The minimum absolute atomic E-state index is 0.0935. The molecule has 7 nitrogen and oxygen atoms in total. The van der Waals surface area contributed by atoms with Crippen molar-refractivity contribution in [3.63, 3.8) is 0 Å². The van der Waals surface area contributed by atoms with Crippen molar-refractivity contribution in [2.75, 3.05) is 31.1 Å². The zero-order valence-corrected chi connectivity index (χ0v) is 16.0. The highest BCUT2D eigenvalue weighted by Gasteiger charge is 2.15. The number of piperazine rings is 1. The van der Waals surface area contributed by atoms with E-state index in [1.165, 1.54) is 0 Å². The molecule has 5 rings (SSSR count). The van der Waals surface area contributed by atoms with Gasteiger partial charge >= 0.3 is 0 Å². The molecule has 2 aromatic carbocycles. The normalized spacial score (nSPS) is 14.9. The van der Waals surface area contributed by atoms with Crippen molar-refractivity contribution in [2.45, 2.75) is 6.92 Å². The minimum atomic E-state index is -0.0935. The first-order valence-corrected chi connectivity index (χ1v) is 9.52. The highest BCUT2D eigenvalue weighted by Crippen LogP contribution is 2.28. The standard InChI is InChI=1S/C21H22N6O/c1-13-9-15(10-16-12-26(2)25-19(13)16)14-3-4-17-18(11-14)23-21(24-20(17)28)27-7-5-22-6-8-27/h3-4,9-12,22H,5-8H2,1-2H3,(H,23,24,28). The number of fused-ring (bicyclic) bond motifs is 2. The molecule has 4 aromatic rings. The summed E-state index contributed by atoms with van der Waals surface area (Å²) in [6, 6.07) is 10.1. The van der Waals surface area contributed by atoms with Crippen molar-refractivity contribution >= 4 is 27.8 Å². The molecular weight excluding hydrogens is 352 g/mol. The van der Waals surface area contributed by atoms with Crippen LogP contribution in [0, 0.1) is 6.92 Å². The molecule has 0 atom stereocenters. The average Bonchev–Trinajstić information content (AvgIpc) is 3.09. The largest absolute Gasteiger partial charge is 0.340 e. The fraction of sp³-hybridized carbons (Fsp3) is 0.286. The number of aryl methyl sites for hydroxylation is 2. The van der Waals surface area contributed by atoms with Crippen LogP contribution >= 0.6 is 0 Å². The van der Waals surface area contributed by atoms with Crippen LogP contribution in [0.15, 0.2) is 41.3 Å². The van der Waals surface area contributed by atoms with Crippen molar-refractivity contribution in [2.24, 2.45) is 7.05 Å². The number of aromatic amines is 1. The van der Waals surface area contributed by atoms with E-state index in [0.717, 1.165) is 59.3 Å². The first kappa shape index (κ1) is 16.9. The Kier molecular flexibility index (Phi) is 3.91. The topological polar surface area (TPSA) is 78.8 Å². The minimum Gasteiger partial charge on any atom is -0.340 e. The smallest absolute Gasteiger partial charge is 0.260 e. The summed E-state index contributed by atoms with van der Waals surface area (Å²) in [4.78, 5) is 22.4. The molecule has 2 N–H and O–H groups in total. The Balaban J connectivity index is 1.63. The van der Waals surface area contributed by atoms with E-state index in [-0.39, 0.29) is 5.56 Å². The molecular formula is C21H22N6O. The number of H-pyrrole nitrogens is 1. The van der Waals surface area contributed by atoms with E-state index >= 15 is 0 Å². The Morgan fingerprint density at radius 3 is 2.71 bits per heavy atom. The maximum atomic E-state index is 12.6. The van der Waals surface area contributed by atoms with Crippen LogP contribution < -0.4 is 15.8 Å². The number of benzene rings is 2. The predicted octanol–water partition coefficient (Wildman–Crippen LogP) is 2.19. The molecule has 28 heavy (non-hydrogen) atoms. The lowest BCUT2D eigenvalue weighted by atomic mass is 10.00. The number of hydrogen-bond donors (Lipinski definition) is 2. The van der Waals surface area contributed by atoms with Gasteiger partial charge in [-0.2, -0.15) is 5.10 Å². The second-order valence-corrected chi connectivity index (χ2v) is 7.39. The fourth-order valence-corrected chi connectivity index (χ4v) is 3.93. The maximum Gasteiger partial charge on any atom is 0.260 e. The Labute approximate surface area is 162 Å². The Hall–Kier alpha value is -3.19. The van der Waals surface area contributed by atoms with Gasteiger partial charge in [-0.3, -0.25) is 14.5 Å². The molecule has 1 aliphatic heterocycles. The Morgan fingerprint density at radius 2 is 1.89 bits per heavy atom. The Morgan fingerprint density at radius 1 is 1.07 bits per heavy atom. The first-order chi connectivity index (χ1) is 13.6. The van der Waals surface area contributed by atoms with Crippen LogP contribution in [0.4, 0.5) is 5.95 Å². The zero-order chi connectivity index (χ0) is 19.3. The Bertz CT molecular complexity index is 1250. The summed E-state index contributed by atoms with van der Waals surface area (Å²) in [5.74, 6) is 0.648. The third kappa shape index (κ3) is 2.84. The van der Waals surface area contributed by atoms with Gasteiger partial charge in [0.25, 0.3) is 5.56 Å². The number of aromatic nitrogens is 4. The number of rotatable bonds is 2. The van der Waals surface area contributed by atoms with Gasteiger partial charge in [-0.15, -0.1) is 0 Å². The summed E-state index contributed by atoms with van der Waals surface area (Å²) in [5.41, 5.74) is 4.93. The number of nitrogens with zero attached hydrogens (tertiary/aromatic N) is 4. The molecule has 2 aromatic heterocycles. The predicted molar refractivity (Wildman–Crippen MR) is 112 cm³/mol. The summed E-state index contributed by atoms with van der Waals surface area (Å²) >= 11 is 0. The van der Waals surface area contributed by atoms with Crippen LogP contribution in [-0.4, -0.2) is 45.9 Å². The summed E-state index contributed by atoms with van der Waals surface area (Å²) < 4.78 is 1.84. The van der Waals surface area contributed by atoms with E-state index in [1.807, 2.05) is 36.1 Å². The van der Waals surface area contributed by atoms with Crippen molar-refractivity contribution in [1.29, 1.82) is 0 Å². The maximum absolute atomic E-state index is 12.6. The van der Waals surface area contributed by atoms with E-state index < -0.39 is 0 Å². The lowest BCUT2D eigenvalue weighted by molar-refractivity contribution is 0.580. The van der Waals surface area contributed by atoms with Gasteiger partial charge < -0.3 is 10.2 Å². The lowest BCUT2D eigenvalue weighted by Gasteiger charge is -2.27. The van der Waals surface area contributed by atoms with Crippen LogP contribution in [0.5, 0.6) is 0 Å². The summed E-state index contributed by atoms with van der Waals surface area (Å²) in [7, 11) is 1.93. The van der Waals surface area contributed by atoms with Crippen LogP contribution in [0.25, 0.3) is 32.9 Å². The molecule has 0 amide bonds. The number of anilines is 1. The van der Waals surface area contributed by atoms with Gasteiger partial charge in [0.2, 0.25) is 5.95 Å². The van der Waals surface area contributed by atoms with Crippen molar-refractivity contribution in [3.8, 4) is 11.1 Å². The van der Waals surface area contributed by atoms with Crippen LogP contribution in [-0.2, 0) is 7.05 Å². The summed E-state index contributed by atoms with van der Waals surface area (Å²) in [5, 5.41) is 9.56. The molecule has 142 valence electrons. The second kappa shape index (κ2) is 6.45. The monoisotopic (exact) mass is 374 g/mol. The van der Waals surface area contributed by atoms with Gasteiger partial charge in [0.15, 0.2) is 0 Å². The fourth-order valence-electron chi connectivity index (χ4n) is 3.93. The second-order valence-electron chi connectivity index (χ2n) is 7.39. The lowest BCUT2D eigenvalue weighted by Crippen LogP contribution is -2.44. The molecule has 0 spiro atoms. The molecule has 0 saturated carbocycles. The molecule has 0 bridgehead atoms. The number of hydrogen-bond acceptors (Lipinski definition) is 5. The third-order valence-electron chi connectivity index (χ3n) is 5.36. The molecule has 1 fully saturated rings. The summed E-state index contributed by atoms with van der Waals surface area (Å²) in [6.07, 6.45) is 2.03. The first-order valence-electron chi connectivity index (χ1n) is 9.52. The molecule has 7 heteroatoms. The summed E-state index contributed by atoms with van der Waals surface area (Å²) in [6.45, 7) is 5.54. The van der Waals surface area contributed by atoms with E-state index in [2.05, 4.69) is 39.4 Å². The molecule has 1 saturated heterocycles. The SMILES string of the molecule is Cc1cc(-c2ccc3c(=O)[nH]c(N4CCNCC4)nc3c2)cc2cn(C)nc12. The van der Waals surface area contributed by atoms with Gasteiger partial charge in [0.05, 0.1) is 16.4 Å². The van der Waals surface area contributed by atoms with Crippen LogP contribution in [0.2, 0.25) is 0 Å². The molecule has 3 heterocycles. The van der Waals surface area contributed by atoms with Crippen molar-refractivity contribution in [1.82, 2.24) is 25.1 Å². The van der Waals surface area contributed by atoms with Crippen LogP contribution in [0.1, 0.15) is 5.56 Å². The van der Waals surface area contributed by atoms with Crippen molar-refractivity contribution in [3.05, 3.63) is 52.4 Å². The zero-order valence-electron chi connectivity index (χ0n) is 16.0. The molecule has 0 aliphatic carbocycles. The van der Waals surface area contributed by atoms with Gasteiger partial charge in [-0.25, -0.2) is 4.98 Å². The van der Waals surface area contributed by atoms with E-state index in [0.29, 0.717) is 11.3 Å². The third-order valence-corrected chi connectivity index (χ3v) is 5.36. The van der Waals surface area contributed by atoms with Gasteiger partial charge in [0.1, 0.15) is 0 Å². The van der Waals surface area contributed by atoms with Crippen molar-refractivity contribution < 1.29 is 0 Å².